The van der Waals surface area contributed by atoms with Gasteiger partial charge in [0.15, 0.2) is 11.6 Å². The second-order valence-electron chi connectivity index (χ2n) is 6.99. The third kappa shape index (κ3) is 3.89. The topological polar surface area (TPSA) is 26.3 Å². The fourth-order valence-corrected chi connectivity index (χ4v) is 3.38. The van der Waals surface area contributed by atoms with Crippen molar-refractivity contribution in [2.75, 3.05) is 0 Å². The van der Waals surface area contributed by atoms with E-state index in [1.165, 1.54) is 12.1 Å². The molecule has 2 nitrogen and oxygen atoms in total. The number of carbonyl (C=O) groups is 1. The summed E-state index contributed by atoms with van der Waals surface area (Å²) in [7, 11) is 0. The molecule has 1 aliphatic carbocycles. The normalized spacial score (nSPS) is 20.3. The number of hydrogen-bond acceptors (Lipinski definition) is 2. The lowest BCUT2D eigenvalue weighted by Gasteiger charge is -2.27. The molecule has 0 saturated heterocycles. The SMILES string of the molecule is Cc1ccc(OC(=O)c2ccc(C3CCC(C)CC3)c(F)c2F)cc1. The van der Waals surface area contributed by atoms with Gasteiger partial charge in [0.05, 0.1) is 5.56 Å². The van der Waals surface area contributed by atoms with Gasteiger partial charge in [-0.3, -0.25) is 0 Å². The maximum atomic E-state index is 14.5. The summed E-state index contributed by atoms with van der Waals surface area (Å²) in [5, 5.41) is 0. The lowest BCUT2D eigenvalue weighted by molar-refractivity contribution is 0.0728. The molecule has 0 heterocycles. The summed E-state index contributed by atoms with van der Waals surface area (Å²) >= 11 is 0. The molecule has 1 aliphatic rings. The Morgan fingerprint density at radius 1 is 0.960 bits per heavy atom. The van der Waals surface area contributed by atoms with Crippen LogP contribution in [0.3, 0.4) is 0 Å². The lowest BCUT2D eigenvalue weighted by atomic mass is 9.79. The van der Waals surface area contributed by atoms with E-state index < -0.39 is 17.6 Å². The van der Waals surface area contributed by atoms with Crippen molar-refractivity contribution in [3.8, 4) is 5.75 Å². The molecule has 25 heavy (non-hydrogen) atoms. The van der Waals surface area contributed by atoms with Crippen LogP contribution in [0.15, 0.2) is 36.4 Å². The molecule has 3 rings (SSSR count). The van der Waals surface area contributed by atoms with Crippen LogP contribution in [0.5, 0.6) is 5.75 Å². The van der Waals surface area contributed by atoms with Gasteiger partial charge >= 0.3 is 5.97 Å². The number of ether oxygens (including phenoxy) is 1. The van der Waals surface area contributed by atoms with Crippen molar-refractivity contribution in [1.29, 1.82) is 0 Å². The zero-order chi connectivity index (χ0) is 18.0. The first-order valence-corrected chi connectivity index (χ1v) is 8.72. The second kappa shape index (κ2) is 7.34. The van der Waals surface area contributed by atoms with Crippen molar-refractivity contribution in [3.05, 3.63) is 64.7 Å². The molecule has 0 atom stereocenters. The number of esters is 1. The van der Waals surface area contributed by atoms with Crippen LogP contribution in [-0.2, 0) is 0 Å². The van der Waals surface area contributed by atoms with E-state index in [1.807, 2.05) is 6.92 Å². The molecule has 0 bridgehead atoms. The largest absolute Gasteiger partial charge is 0.423 e. The van der Waals surface area contributed by atoms with Gasteiger partial charge in [-0.25, -0.2) is 13.6 Å². The van der Waals surface area contributed by atoms with E-state index in [-0.39, 0.29) is 11.5 Å². The summed E-state index contributed by atoms with van der Waals surface area (Å²) in [6, 6.07) is 9.69. The predicted molar refractivity (Wildman–Crippen MR) is 92.9 cm³/mol. The monoisotopic (exact) mass is 344 g/mol. The molecule has 132 valence electrons. The van der Waals surface area contributed by atoms with Crippen LogP contribution in [0, 0.1) is 24.5 Å². The Hall–Kier alpha value is -2.23. The Labute approximate surface area is 146 Å². The Balaban J connectivity index is 1.79. The summed E-state index contributed by atoms with van der Waals surface area (Å²) in [5.41, 5.74) is 1.02. The Morgan fingerprint density at radius 3 is 2.24 bits per heavy atom. The van der Waals surface area contributed by atoms with Gasteiger partial charge in [-0.15, -0.1) is 0 Å². The highest BCUT2D eigenvalue weighted by Crippen LogP contribution is 2.37. The minimum absolute atomic E-state index is 0.0212. The highest BCUT2D eigenvalue weighted by Gasteiger charge is 2.26. The molecule has 0 aliphatic heterocycles. The van der Waals surface area contributed by atoms with Gasteiger partial charge in [0.2, 0.25) is 0 Å². The standard InChI is InChI=1S/C21H22F2O2/c1-13-3-7-15(8-4-13)17-11-12-18(20(23)19(17)22)21(24)25-16-9-5-14(2)6-10-16/h5-6,9-13,15H,3-4,7-8H2,1-2H3. The van der Waals surface area contributed by atoms with E-state index in [9.17, 15) is 13.6 Å². The molecule has 0 spiro atoms. The molecule has 1 saturated carbocycles. The summed E-state index contributed by atoms with van der Waals surface area (Å²) < 4.78 is 34.1. The van der Waals surface area contributed by atoms with Crippen molar-refractivity contribution >= 4 is 5.97 Å². The average Bonchev–Trinajstić information content (AvgIpc) is 2.60. The second-order valence-corrected chi connectivity index (χ2v) is 6.99. The molecule has 0 amide bonds. The molecular weight excluding hydrogens is 322 g/mol. The van der Waals surface area contributed by atoms with Crippen molar-refractivity contribution in [3.63, 3.8) is 0 Å². The number of hydrogen-bond donors (Lipinski definition) is 0. The van der Waals surface area contributed by atoms with Crippen LogP contribution < -0.4 is 4.74 Å². The molecule has 0 N–H and O–H groups in total. The van der Waals surface area contributed by atoms with Gasteiger partial charge < -0.3 is 4.74 Å². The van der Waals surface area contributed by atoms with E-state index >= 15 is 0 Å². The number of rotatable bonds is 3. The zero-order valence-corrected chi connectivity index (χ0v) is 14.5. The van der Waals surface area contributed by atoms with Crippen LogP contribution in [0.4, 0.5) is 8.78 Å². The first kappa shape index (κ1) is 17.6. The summed E-state index contributed by atoms with van der Waals surface area (Å²) in [4.78, 5) is 12.2. The molecule has 1 fully saturated rings. The van der Waals surface area contributed by atoms with E-state index in [2.05, 4.69) is 6.92 Å². The minimum Gasteiger partial charge on any atom is -0.423 e. The summed E-state index contributed by atoms with van der Waals surface area (Å²) in [6.07, 6.45) is 3.74. The Kier molecular flexibility index (Phi) is 5.16. The highest BCUT2D eigenvalue weighted by atomic mass is 19.2. The van der Waals surface area contributed by atoms with Crippen molar-refractivity contribution in [1.82, 2.24) is 0 Å². The van der Waals surface area contributed by atoms with Crippen molar-refractivity contribution in [2.24, 2.45) is 5.92 Å². The average molecular weight is 344 g/mol. The lowest BCUT2D eigenvalue weighted by Crippen LogP contribution is -2.16. The maximum Gasteiger partial charge on any atom is 0.346 e. The van der Waals surface area contributed by atoms with Gasteiger partial charge in [0.25, 0.3) is 0 Å². The van der Waals surface area contributed by atoms with Crippen molar-refractivity contribution < 1.29 is 18.3 Å². The molecule has 0 unspecified atom stereocenters. The van der Waals surface area contributed by atoms with Crippen molar-refractivity contribution in [2.45, 2.75) is 45.4 Å². The van der Waals surface area contributed by atoms with Crippen LogP contribution in [0.25, 0.3) is 0 Å². The molecular formula is C21H22F2O2. The van der Waals surface area contributed by atoms with E-state index in [0.29, 0.717) is 17.2 Å². The molecule has 0 aromatic heterocycles. The van der Waals surface area contributed by atoms with Gasteiger partial charge in [-0.05, 0) is 55.4 Å². The van der Waals surface area contributed by atoms with Crippen LogP contribution in [0.1, 0.15) is 60.0 Å². The smallest absolute Gasteiger partial charge is 0.346 e. The van der Waals surface area contributed by atoms with Gasteiger partial charge in [0.1, 0.15) is 5.75 Å². The molecule has 4 heteroatoms. The number of halogens is 2. The number of carbonyl (C=O) groups excluding carboxylic acids is 1. The summed E-state index contributed by atoms with van der Waals surface area (Å²) in [5.74, 6) is -1.96. The van der Waals surface area contributed by atoms with Crippen LogP contribution in [0.2, 0.25) is 0 Å². The fourth-order valence-electron chi connectivity index (χ4n) is 3.38. The van der Waals surface area contributed by atoms with Gasteiger partial charge in [-0.1, -0.05) is 43.5 Å². The number of aryl methyl sites for hydroxylation is 1. The van der Waals surface area contributed by atoms with Crippen LogP contribution in [-0.4, -0.2) is 5.97 Å². The highest BCUT2D eigenvalue weighted by molar-refractivity contribution is 5.91. The third-order valence-corrected chi connectivity index (χ3v) is 5.02. The van der Waals surface area contributed by atoms with Gasteiger partial charge in [0, 0.05) is 0 Å². The predicted octanol–water partition coefficient (Wildman–Crippen LogP) is 5.79. The molecule has 2 aromatic rings. The van der Waals surface area contributed by atoms with E-state index in [1.54, 1.807) is 24.3 Å². The summed E-state index contributed by atoms with van der Waals surface area (Å²) in [6.45, 7) is 4.09. The Morgan fingerprint density at radius 2 is 1.60 bits per heavy atom. The molecule has 0 radical (unpaired) electrons. The van der Waals surface area contributed by atoms with E-state index in [4.69, 9.17) is 4.74 Å². The minimum atomic E-state index is -1.12. The van der Waals surface area contributed by atoms with E-state index in [0.717, 1.165) is 31.2 Å². The first-order chi connectivity index (χ1) is 12.0. The quantitative estimate of drug-likeness (QED) is 0.521. The first-order valence-electron chi connectivity index (χ1n) is 8.72. The number of benzene rings is 2. The van der Waals surface area contributed by atoms with Crippen LogP contribution >= 0.6 is 0 Å². The Bertz CT molecular complexity index is 760. The zero-order valence-electron chi connectivity index (χ0n) is 14.5. The fraction of sp³-hybridized carbons (Fsp3) is 0.381. The van der Waals surface area contributed by atoms with Gasteiger partial charge in [-0.2, -0.15) is 0 Å². The maximum absolute atomic E-state index is 14.5. The molecule has 2 aromatic carbocycles. The third-order valence-electron chi connectivity index (χ3n) is 5.02.